The van der Waals surface area contributed by atoms with Gasteiger partial charge < -0.3 is 5.32 Å². The Morgan fingerprint density at radius 1 is 1.29 bits per heavy atom. The van der Waals surface area contributed by atoms with Crippen LogP contribution < -0.4 is 5.32 Å². The molecule has 1 aliphatic carbocycles. The molecular weight excluding hydrogens is 208 g/mol. The molecule has 0 spiro atoms. The van der Waals surface area contributed by atoms with Crippen LogP contribution in [0.15, 0.2) is 12.1 Å². The molecule has 0 bridgehead atoms. The topological polar surface area (TPSA) is 24.9 Å². The minimum atomic E-state index is 0.536. The normalized spacial score (nSPS) is 15.6. The summed E-state index contributed by atoms with van der Waals surface area (Å²) < 4.78 is 0. The summed E-state index contributed by atoms with van der Waals surface area (Å²) in [5.74, 6) is 1.06. The predicted molar refractivity (Wildman–Crippen MR) is 73.5 cm³/mol. The highest BCUT2D eigenvalue weighted by atomic mass is 15.0. The fourth-order valence-corrected chi connectivity index (χ4v) is 2.53. The molecule has 1 aromatic rings. The summed E-state index contributed by atoms with van der Waals surface area (Å²) in [5, 5.41) is 3.52. The summed E-state index contributed by atoms with van der Waals surface area (Å²) in [7, 11) is 0. The van der Waals surface area contributed by atoms with Crippen molar-refractivity contribution in [3.63, 3.8) is 0 Å². The first-order chi connectivity index (χ1) is 8.29. The summed E-state index contributed by atoms with van der Waals surface area (Å²) in [5.41, 5.74) is 2.77. The van der Waals surface area contributed by atoms with Gasteiger partial charge >= 0.3 is 0 Å². The Balaban J connectivity index is 1.86. The van der Waals surface area contributed by atoms with Crippen LogP contribution in [0.5, 0.6) is 0 Å². The van der Waals surface area contributed by atoms with E-state index in [1.165, 1.54) is 49.8 Å². The Bertz CT molecular complexity index is 360. The maximum atomic E-state index is 4.71. The van der Waals surface area contributed by atoms with Crippen LogP contribution in [0, 0.1) is 0 Å². The van der Waals surface area contributed by atoms with Crippen LogP contribution >= 0.6 is 0 Å². The first kappa shape index (κ1) is 12.4. The van der Waals surface area contributed by atoms with Crippen molar-refractivity contribution in [2.75, 3.05) is 5.32 Å². The van der Waals surface area contributed by atoms with Crippen LogP contribution in [0.3, 0.4) is 0 Å². The van der Waals surface area contributed by atoms with Crippen molar-refractivity contribution in [1.82, 2.24) is 4.98 Å². The SMILES string of the molecule is CCCCCC(C)Nc1ccc2c(n1)CCC2. The fourth-order valence-electron chi connectivity index (χ4n) is 2.53. The number of hydrogen-bond donors (Lipinski definition) is 1. The molecule has 1 atom stereocenters. The van der Waals surface area contributed by atoms with Gasteiger partial charge in [0.1, 0.15) is 5.82 Å². The highest BCUT2D eigenvalue weighted by molar-refractivity contribution is 5.41. The molecule has 2 heteroatoms. The first-order valence-corrected chi connectivity index (χ1v) is 7.05. The molecule has 17 heavy (non-hydrogen) atoms. The van der Waals surface area contributed by atoms with Crippen LogP contribution in [0.4, 0.5) is 5.82 Å². The molecule has 0 aromatic carbocycles. The summed E-state index contributed by atoms with van der Waals surface area (Å²) in [6.07, 6.45) is 8.84. The van der Waals surface area contributed by atoms with Crippen molar-refractivity contribution in [2.45, 2.75) is 64.8 Å². The van der Waals surface area contributed by atoms with Crippen molar-refractivity contribution in [3.8, 4) is 0 Å². The lowest BCUT2D eigenvalue weighted by Crippen LogP contribution is -2.16. The van der Waals surface area contributed by atoms with E-state index in [4.69, 9.17) is 4.98 Å². The fraction of sp³-hybridized carbons (Fsp3) is 0.667. The molecule has 0 aliphatic heterocycles. The molecule has 1 unspecified atom stereocenters. The van der Waals surface area contributed by atoms with Gasteiger partial charge in [0, 0.05) is 11.7 Å². The molecule has 0 radical (unpaired) electrons. The van der Waals surface area contributed by atoms with Crippen molar-refractivity contribution in [2.24, 2.45) is 0 Å². The summed E-state index contributed by atoms with van der Waals surface area (Å²) in [4.78, 5) is 4.71. The number of fused-ring (bicyclic) bond motifs is 1. The van der Waals surface area contributed by atoms with E-state index < -0.39 is 0 Å². The van der Waals surface area contributed by atoms with Gasteiger partial charge in [-0.1, -0.05) is 32.3 Å². The number of anilines is 1. The lowest BCUT2D eigenvalue weighted by molar-refractivity contribution is 0.613. The van der Waals surface area contributed by atoms with E-state index in [9.17, 15) is 0 Å². The standard InChI is InChI=1S/C15H24N2/c1-3-4-5-7-12(2)16-15-11-10-13-8-6-9-14(13)17-15/h10-12H,3-9H2,1-2H3,(H,16,17). The van der Waals surface area contributed by atoms with Crippen LogP contribution in [0.1, 0.15) is 57.2 Å². The number of aryl methyl sites for hydroxylation is 2. The van der Waals surface area contributed by atoms with E-state index in [0.29, 0.717) is 6.04 Å². The number of pyridine rings is 1. The van der Waals surface area contributed by atoms with Crippen LogP contribution in [0.25, 0.3) is 0 Å². The molecule has 2 nitrogen and oxygen atoms in total. The zero-order chi connectivity index (χ0) is 12.1. The molecule has 1 aliphatic rings. The number of aromatic nitrogens is 1. The van der Waals surface area contributed by atoms with Gasteiger partial charge in [0.05, 0.1) is 0 Å². The Morgan fingerprint density at radius 3 is 3.00 bits per heavy atom. The molecule has 1 heterocycles. The average Bonchev–Trinajstić information content (AvgIpc) is 2.76. The molecule has 0 saturated heterocycles. The Labute approximate surface area is 105 Å². The van der Waals surface area contributed by atoms with E-state index in [1.54, 1.807) is 0 Å². The van der Waals surface area contributed by atoms with Gasteiger partial charge in [-0.2, -0.15) is 0 Å². The predicted octanol–water partition coefficient (Wildman–Crippen LogP) is 3.95. The molecule has 0 saturated carbocycles. The van der Waals surface area contributed by atoms with Crippen molar-refractivity contribution in [3.05, 3.63) is 23.4 Å². The maximum absolute atomic E-state index is 4.71. The van der Waals surface area contributed by atoms with Crippen LogP contribution in [-0.4, -0.2) is 11.0 Å². The maximum Gasteiger partial charge on any atom is 0.126 e. The molecule has 0 fully saturated rings. The van der Waals surface area contributed by atoms with Crippen molar-refractivity contribution in [1.29, 1.82) is 0 Å². The second-order valence-electron chi connectivity index (χ2n) is 5.20. The molecule has 1 aromatic heterocycles. The van der Waals surface area contributed by atoms with Gasteiger partial charge in [0.15, 0.2) is 0 Å². The lowest BCUT2D eigenvalue weighted by Gasteiger charge is -2.15. The number of hydrogen-bond acceptors (Lipinski definition) is 2. The van der Waals surface area contributed by atoms with Gasteiger partial charge in [-0.15, -0.1) is 0 Å². The highest BCUT2D eigenvalue weighted by Crippen LogP contribution is 2.22. The minimum Gasteiger partial charge on any atom is -0.368 e. The second-order valence-corrected chi connectivity index (χ2v) is 5.20. The van der Waals surface area contributed by atoms with Crippen molar-refractivity contribution >= 4 is 5.82 Å². The summed E-state index contributed by atoms with van der Waals surface area (Å²) in [6, 6.07) is 4.92. The van der Waals surface area contributed by atoms with Crippen LogP contribution in [0.2, 0.25) is 0 Å². The van der Waals surface area contributed by atoms with Crippen molar-refractivity contribution < 1.29 is 0 Å². The van der Waals surface area contributed by atoms with Gasteiger partial charge in [-0.25, -0.2) is 4.98 Å². The van der Waals surface area contributed by atoms with Crippen LogP contribution in [-0.2, 0) is 12.8 Å². The van der Waals surface area contributed by atoms with Gasteiger partial charge in [0.25, 0.3) is 0 Å². The summed E-state index contributed by atoms with van der Waals surface area (Å²) in [6.45, 7) is 4.50. The molecule has 2 rings (SSSR count). The molecule has 0 amide bonds. The highest BCUT2D eigenvalue weighted by Gasteiger charge is 2.12. The smallest absolute Gasteiger partial charge is 0.126 e. The monoisotopic (exact) mass is 232 g/mol. The third-order valence-electron chi connectivity index (χ3n) is 3.56. The lowest BCUT2D eigenvalue weighted by atomic mass is 10.1. The Kier molecular flexibility index (Phi) is 4.41. The van der Waals surface area contributed by atoms with E-state index in [-0.39, 0.29) is 0 Å². The van der Waals surface area contributed by atoms with E-state index in [1.807, 2.05) is 0 Å². The molecule has 94 valence electrons. The van der Waals surface area contributed by atoms with E-state index in [2.05, 4.69) is 31.3 Å². The number of unbranched alkanes of at least 4 members (excludes halogenated alkanes) is 2. The minimum absolute atomic E-state index is 0.536. The van der Waals surface area contributed by atoms with Gasteiger partial charge in [-0.3, -0.25) is 0 Å². The van der Waals surface area contributed by atoms with E-state index >= 15 is 0 Å². The number of rotatable bonds is 6. The average molecular weight is 232 g/mol. The number of nitrogens with one attached hydrogen (secondary N) is 1. The number of nitrogens with zero attached hydrogens (tertiary/aromatic N) is 1. The summed E-state index contributed by atoms with van der Waals surface area (Å²) >= 11 is 0. The first-order valence-electron chi connectivity index (χ1n) is 7.05. The Morgan fingerprint density at radius 2 is 2.18 bits per heavy atom. The third kappa shape index (κ3) is 3.45. The zero-order valence-corrected chi connectivity index (χ0v) is 11.1. The quantitative estimate of drug-likeness (QED) is 0.751. The molecule has 1 N–H and O–H groups in total. The Hall–Kier alpha value is -1.05. The van der Waals surface area contributed by atoms with Gasteiger partial charge in [-0.05, 0) is 44.2 Å². The zero-order valence-electron chi connectivity index (χ0n) is 11.1. The largest absolute Gasteiger partial charge is 0.368 e. The third-order valence-corrected chi connectivity index (χ3v) is 3.56. The van der Waals surface area contributed by atoms with E-state index in [0.717, 1.165) is 12.2 Å². The second kappa shape index (κ2) is 6.04. The van der Waals surface area contributed by atoms with Gasteiger partial charge in [0.2, 0.25) is 0 Å². The molecular formula is C15H24N2.